The minimum atomic E-state index is 0.744. The van der Waals surface area contributed by atoms with Gasteiger partial charge in [0.15, 0.2) is 0 Å². The fourth-order valence-electron chi connectivity index (χ4n) is 1.46. The lowest BCUT2D eigenvalue weighted by Gasteiger charge is -2.18. The Balaban J connectivity index is 2.28. The van der Waals surface area contributed by atoms with E-state index < -0.39 is 0 Å². The minimum absolute atomic E-state index is 0.744. The zero-order valence-corrected chi connectivity index (χ0v) is 10.1. The molecule has 0 aliphatic heterocycles. The van der Waals surface area contributed by atoms with Crippen LogP contribution in [-0.4, -0.2) is 12.0 Å². The van der Waals surface area contributed by atoms with Crippen molar-refractivity contribution in [2.75, 3.05) is 11.9 Å². The summed E-state index contributed by atoms with van der Waals surface area (Å²) in [7, 11) is 1.99. The molecule has 2 aromatic rings. The van der Waals surface area contributed by atoms with E-state index in [9.17, 15) is 0 Å². The molecule has 3 heteroatoms. The van der Waals surface area contributed by atoms with Crippen LogP contribution in [0.1, 0.15) is 5.56 Å². The summed E-state index contributed by atoms with van der Waals surface area (Å²) in [6, 6.07) is 11.8. The maximum absolute atomic E-state index is 5.85. The monoisotopic (exact) mass is 232 g/mol. The molecule has 0 aliphatic rings. The Morgan fingerprint density at radius 1 is 1.06 bits per heavy atom. The summed E-state index contributed by atoms with van der Waals surface area (Å²) >= 11 is 5.85. The van der Waals surface area contributed by atoms with E-state index in [-0.39, 0.29) is 0 Å². The number of aromatic nitrogens is 1. The van der Waals surface area contributed by atoms with Gasteiger partial charge in [0.2, 0.25) is 0 Å². The quantitative estimate of drug-likeness (QED) is 0.783. The summed E-state index contributed by atoms with van der Waals surface area (Å²) in [5, 5.41) is 0.744. The first-order chi connectivity index (χ1) is 7.66. The predicted molar refractivity (Wildman–Crippen MR) is 68.5 cm³/mol. The molecule has 16 heavy (non-hydrogen) atoms. The molecule has 0 amide bonds. The van der Waals surface area contributed by atoms with Gasteiger partial charge in [0.05, 0.1) is 0 Å². The fourth-order valence-corrected chi connectivity index (χ4v) is 1.58. The second kappa shape index (κ2) is 4.54. The number of hydrogen-bond donors (Lipinski definition) is 0. The summed E-state index contributed by atoms with van der Waals surface area (Å²) in [6.45, 7) is 2.03. The summed E-state index contributed by atoms with van der Waals surface area (Å²) in [4.78, 5) is 6.39. The van der Waals surface area contributed by atoms with Crippen molar-refractivity contribution in [3.8, 4) is 0 Å². The van der Waals surface area contributed by atoms with Crippen LogP contribution in [0, 0.1) is 6.92 Å². The Morgan fingerprint density at radius 2 is 1.75 bits per heavy atom. The standard InChI is InChI=1S/C13H13ClN2/c1-10-3-8-13(15-9-10)16(2)12-6-4-11(14)5-7-12/h3-9H,1-2H3. The first kappa shape index (κ1) is 11.0. The third-order valence-electron chi connectivity index (χ3n) is 2.45. The molecule has 0 aliphatic carbocycles. The Labute approximate surface area is 101 Å². The summed E-state index contributed by atoms with van der Waals surface area (Å²) in [6.07, 6.45) is 1.86. The predicted octanol–water partition coefficient (Wildman–Crippen LogP) is 3.81. The first-order valence-corrected chi connectivity index (χ1v) is 5.46. The summed E-state index contributed by atoms with van der Waals surface area (Å²) in [5.74, 6) is 0.924. The molecule has 0 N–H and O–H groups in total. The van der Waals surface area contributed by atoms with Crippen molar-refractivity contribution in [1.82, 2.24) is 4.98 Å². The van der Waals surface area contributed by atoms with Crippen LogP contribution in [0.3, 0.4) is 0 Å². The van der Waals surface area contributed by atoms with E-state index in [1.54, 1.807) is 0 Å². The number of aryl methyl sites for hydroxylation is 1. The number of rotatable bonds is 2. The van der Waals surface area contributed by atoms with Crippen molar-refractivity contribution in [3.05, 3.63) is 53.2 Å². The van der Waals surface area contributed by atoms with Crippen LogP contribution in [0.4, 0.5) is 11.5 Å². The van der Waals surface area contributed by atoms with E-state index in [2.05, 4.69) is 11.1 Å². The minimum Gasteiger partial charge on any atom is -0.329 e. The van der Waals surface area contributed by atoms with E-state index in [4.69, 9.17) is 11.6 Å². The zero-order chi connectivity index (χ0) is 11.5. The van der Waals surface area contributed by atoms with Gasteiger partial charge < -0.3 is 4.90 Å². The molecule has 0 unspecified atom stereocenters. The van der Waals surface area contributed by atoms with E-state index >= 15 is 0 Å². The highest BCUT2D eigenvalue weighted by molar-refractivity contribution is 6.30. The smallest absolute Gasteiger partial charge is 0.132 e. The van der Waals surface area contributed by atoms with Gasteiger partial charge >= 0.3 is 0 Å². The van der Waals surface area contributed by atoms with Gasteiger partial charge in [-0.3, -0.25) is 0 Å². The van der Waals surface area contributed by atoms with Crippen molar-refractivity contribution in [2.45, 2.75) is 6.92 Å². The molecule has 1 aromatic carbocycles. The summed E-state index contributed by atoms with van der Waals surface area (Å²) in [5.41, 5.74) is 2.23. The van der Waals surface area contributed by atoms with Gasteiger partial charge in [0.1, 0.15) is 5.82 Å². The Morgan fingerprint density at radius 3 is 2.31 bits per heavy atom. The molecule has 0 atom stereocenters. The average Bonchev–Trinajstić information content (AvgIpc) is 2.30. The number of anilines is 2. The molecule has 0 bridgehead atoms. The fraction of sp³-hybridized carbons (Fsp3) is 0.154. The molecule has 0 saturated carbocycles. The topological polar surface area (TPSA) is 16.1 Å². The first-order valence-electron chi connectivity index (χ1n) is 5.09. The molecule has 0 spiro atoms. The molecule has 82 valence electrons. The van der Waals surface area contributed by atoms with Crippen molar-refractivity contribution in [3.63, 3.8) is 0 Å². The van der Waals surface area contributed by atoms with Crippen LogP contribution in [-0.2, 0) is 0 Å². The molecular formula is C13H13ClN2. The van der Waals surface area contributed by atoms with Gasteiger partial charge in [0, 0.05) is 24.0 Å². The van der Waals surface area contributed by atoms with Gasteiger partial charge in [-0.2, -0.15) is 0 Å². The van der Waals surface area contributed by atoms with Gasteiger partial charge in [0.25, 0.3) is 0 Å². The van der Waals surface area contributed by atoms with Crippen molar-refractivity contribution in [1.29, 1.82) is 0 Å². The molecular weight excluding hydrogens is 220 g/mol. The largest absolute Gasteiger partial charge is 0.329 e. The van der Waals surface area contributed by atoms with Crippen LogP contribution in [0.2, 0.25) is 5.02 Å². The van der Waals surface area contributed by atoms with E-state index in [1.807, 2.05) is 55.4 Å². The lowest BCUT2D eigenvalue weighted by molar-refractivity contribution is 1.12. The maximum Gasteiger partial charge on any atom is 0.132 e. The zero-order valence-electron chi connectivity index (χ0n) is 9.31. The third-order valence-corrected chi connectivity index (χ3v) is 2.71. The average molecular weight is 233 g/mol. The molecule has 0 saturated heterocycles. The Hall–Kier alpha value is -1.54. The second-order valence-corrected chi connectivity index (χ2v) is 4.17. The van der Waals surface area contributed by atoms with Gasteiger partial charge in [-0.15, -0.1) is 0 Å². The Kier molecular flexibility index (Phi) is 3.11. The van der Waals surface area contributed by atoms with Crippen LogP contribution in [0.25, 0.3) is 0 Å². The summed E-state index contributed by atoms with van der Waals surface area (Å²) < 4.78 is 0. The highest BCUT2D eigenvalue weighted by Gasteiger charge is 2.04. The van der Waals surface area contributed by atoms with Gasteiger partial charge in [-0.1, -0.05) is 17.7 Å². The third kappa shape index (κ3) is 2.34. The lowest BCUT2D eigenvalue weighted by atomic mass is 10.2. The number of nitrogens with zero attached hydrogens (tertiary/aromatic N) is 2. The molecule has 0 fully saturated rings. The van der Waals surface area contributed by atoms with E-state index in [0.29, 0.717) is 0 Å². The van der Waals surface area contributed by atoms with Gasteiger partial charge in [-0.25, -0.2) is 4.98 Å². The molecule has 0 radical (unpaired) electrons. The highest BCUT2D eigenvalue weighted by atomic mass is 35.5. The number of halogens is 1. The molecule has 2 rings (SSSR count). The highest BCUT2D eigenvalue weighted by Crippen LogP contribution is 2.23. The molecule has 2 nitrogen and oxygen atoms in total. The number of pyridine rings is 1. The van der Waals surface area contributed by atoms with E-state index in [1.165, 1.54) is 0 Å². The van der Waals surface area contributed by atoms with Crippen molar-refractivity contribution in [2.24, 2.45) is 0 Å². The maximum atomic E-state index is 5.85. The molecule has 1 heterocycles. The second-order valence-electron chi connectivity index (χ2n) is 3.73. The number of hydrogen-bond acceptors (Lipinski definition) is 2. The van der Waals surface area contributed by atoms with Crippen molar-refractivity contribution >= 4 is 23.1 Å². The van der Waals surface area contributed by atoms with E-state index in [0.717, 1.165) is 22.1 Å². The lowest BCUT2D eigenvalue weighted by Crippen LogP contribution is -2.10. The number of benzene rings is 1. The van der Waals surface area contributed by atoms with Gasteiger partial charge in [-0.05, 0) is 42.8 Å². The Bertz CT molecular complexity index is 417. The molecule has 1 aromatic heterocycles. The van der Waals surface area contributed by atoms with Crippen LogP contribution in [0.5, 0.6) is 0 Å². The van der Waals surface area contributed by atoms with Crippen molar-refractivity contribution < 1.29 is 0 Å². The van der Waals surface area contributed by atoms with Crippen LogP contribution >= 0.6 is 11.6 Å². The SMILES string of the molecule is Cc1ccc(N(C)c2ccc(Cl)cc2)nc1. The normalized spacial score (nSPS) is 10.2. The van der Waals surface area contributed by atoms with Crippen LogP contribution in [0.15, 0.2) is 42.6 Å². The van der Waals surface area contributed by atoms with Crippen LogP contribution < -0.4 is 4.90 Å².